The minimum absolute atomic E-state index is 0.0906. The van der Waals surface area contributed by atoms with Crippen LogP contribution in [0.1, 0.15) is 11.1 Å². The van der Waals surface area contributed by atoms with E-state index in [4.69, 9.17) is 14.2 Å². The molecule has 4 heteroatoms. The van der Waals surface area contributed by atoms with E-state index < -0.39 is 6.67 Å². The lowest BCUT2D eigenvalue weighted by Gasteiger charge is -2.07. The quantitative estimate of drug-likeness (QED) is 0.741. The zero-order valence-electron chi connectivity index (χ0n) is 12.0. The molecule has 0 aromatic heterocycles. The maximum absolute atomic E-state index is 12.0. The summed E-state index contributed by atoms with van der Waals surface area (Å²) in [7, 11) is 1.65. The lowest BCUT2D eigenvalue weighted by atomic mass is 10.2. The third kappa shape index (κ3) is 5.08. The molecule has 0 N–H and O–H groups in total. The van der Waals surface area contributed by atoms with Crippen molar-refractivity contribution < 1.29 is 18.6 Å². The van der Waals surface area contributed by atoms with Crippen molar-refractivity contribution in [1.82, 2.24) is 0 Å². The second-order valence-corrected chi connectivity index (χ2v) is 4.52. The molecule has 0 bridgehead atoms. The highest BCUT2D eigenvalue weighted by Crippen LogP contribution is 2.15. The van der Waals surface area contributed by atoms with Crippen LogP contribution in [0.5, 0.6) is 11.5 Å². The average molecular weight is 290 g/mol. The molecule has 0 spiro atoms. The summed E-state index contributed by atoms with van der Waals surface area (Å²) in [5, 5.41) is 0. The van der Waals surface area contributed by atoms with Crippen LogP contribution in [-0.2, 0) is 18.0 Å². The van der Waals surface area contributed by atoms with Gasteiger partial charge in [-0.05, 0) is 35.4 Å². The maximum Gasteiger partial charge on any atom is 0.123 e. The van der Waals surface area contributed by atoms with Crippen LogP contribution in [0.4, 0.5) is 4.39 Å². The Bertz CT molecular complexity index is 523. The molecule has 0 aliphatic carbocycles. The fourth-order valence-electron chi connectivity index (χ4n) is 1.85. The monoisotopic (exact) mass is 290 g/mol. The number of rotatable bonds is 8. The Labute approximate surface area is 124 Å². The number of hydrogen-bond acceptors (Lipinski definition) is 3. The van der Waals surface area contributed by atoms with E-state index in [1.807, 2.05) is 48.5 Å². The molecule has 2 aromatic carbocycles. The first-order chi connectivity index (χ1) is 10.3. The van der Waals surface area contributed by atoms with E-state index in [9.17, 15) is 4.39 Å². The van der Waals surface area contributed by atoms with Crippen LogP contribution >= 0.6 is 0 Å². The van der Waals surface area contributed by atoms with E-state index in [-0.39, 0.29) is 6.61 Å². The predicted octanol–water partition coefficient (Wildman–Crippen LogP) is 3.76. The fraction of sp³-hybridized carbons (Fsp3) is 0.294. The van der Waals surface area contributed by atoms with Crippen molar-refractivity contribution in [2.75, 3.05) is 20.4 Å². The van der Waals surface area contributed by atoms with Crippen molar-refractivity contribution in [3.8, 4) is 11.5 Å². The zero-order valence-corrected chi connectivity index (χ0v) is 12.0. The van der Waals surface area contributed by atoms with Crippen LogP contribution in [0.3, 0.4) is 0 Å². The van der Waals surface area contributed by atoms with Gasteiger partial charge in [-0.3, -0.25) is 0 Å². The summed E-state index contributed by atoms with van der Waals surface area (Å²) in [6.45, 7) is 0.680. The van der Waals surface area contributed by atoms with Crippen LogP contribution < -0.4 is 9.47 Å². The summed E-state index contributed by atoms with van der Waals surface area (Å²) in [6.07, 6.45) is 0. The Morgan fingerprint density at radius 3 is 1.81 bits per heavy atom. The molecular weight excluding hydrogens is 271 g/mol. The molecule has 21 heavy (non-hydrogen) atoms. The SMILES string of the molecule is COc1ccc(COCc2ccc(OCCF)cc2)cc1. The van der Waals surface area contributed by atoms with Gasteiger partial charge in [-0.1, -0.05) is 24.3 Å². The number of halogens is 1. The fourth-order valence-corrected chi connectivity index (χ4v) is 1.85. The van der Waals surface area contributed by atoms with E-state index in [2.05, 4.69) is 0 Å². The standard InChI is InChI=1S/C17H19FO3/c1-19-16-6-2-14(3-7-16)12-20-13-15-4-8-17(9-5-15)21-11-10-18/h2-9H,10-13H2,1H3. The van der Waals surface area contributed by atoms with Gasteiger partial charge in [0.2, 0.25) is 0 Å². The summed E-state index contributed by atoms with van der Waals surface area (Å²) < 4.78 is 27.9. The summed E-state index contributed by atoms with van der Waals surface area (Å²) in [4.78, 5) is 0. The van der Waals surface area contributed by atoms with Gasteiger partial charge in [0.15, 0.2) is 0 Å². The van der Waals surface area contributed by atoms with Crippen LogP contribution in [0.15, 0.2) is 48.5 Å². The highest BCUT2D eigenvalue weighted by Gasteiger charge is 1.98. The van der Waals surface area contributed by atoms with Gasteiger partial charge in [0.25, 0.3) is 0 Å². The van der Waals surface area contributed by atoms with Gasteiger partial charge in [0.1, 0.15) is 24.8 Å². The molecule has 0 aliphatic rings. The Hall–Kier alpha value is -2.07. The van der Waals surface area contributed by atoms with Crippen LogP contribution in [0.2, 0.25) is 0 Å². The molecule has 0 atom stereocenters. The zero-order chi connectivity index (χ0) is 14.9. The van der Waals surface area contributed by atoms with Gasteiger partial charge in [-0.15, -0.1) is 0 Å². The number of benzene rings is 2. The number of alkyl halides is 1. The van der Waals surface area contributed by atoms with Crippen LogP contribution in [0.25, 0.3) is 0 Å². The molecule has 0 radical (unpaired) electrons. The normalized spacial score (nSPS) is 10.4. The number of hydrogen-bond donors (Lipinski definition) is 0. The highest BCUT2D eigenvalue weighted by atomic mass is 19.1. The third-order valence-electron chi connectivity index (χ3n) is 2.97. The smallest absolute Gasteiger partial charge is 0.123 e. The van der Waals surface area contributed by atoms with Gasteiger partial charge >= 0.3 is 0 Å². The molecule has 112 valence electrons. The second kappa shape index (κ2) is 8.27. The topological polar surface area (TPSA) is 27.7 Å². The van der Waals surface area contributed by atoms with Gasteiger partial charge in [-0.25, -0.2) is 4.39 Å². The van der Waals surface area contributed by atoms with E-state index in [1.54, 1.807) is 7.11 Å². The van der Waals surface area contributed by atoms with Crippen molar-refractivity contribution in [2.24, 2.45) is 0 Å². The second-order valence-electron chi connectivity index (χ2n) is 4.52. The lowest BCUT2D eigenvalue weighted by molar-refractivity contribution is 0.107. The number of methoxy groups -OCH3 is 1. The Balaban J connectivity index is 1.77. The molecule has 0 saturated heterocycles. The summed E-state index contributed by atoms with van der Waals surface area (Å²) in [5.74, 6) is 1.51. The minimum atomic E-state index is -0.479. The summed E-state index contributed by atoms with van der Waals surface area (Å²) >= 11 is 0. The molecule has 0 amide bonds. The first-order valence-electron chi connectivity index (χ1n) is 6.80. The van der Waals surface area contributed by atoms with E-state index in [0.717, 1.165) is 16.9 Å². The van der Waals surface area contributed by atoms with Gasteiger partial charge in [0.05, 0.1) is 20.3 Å². The Morgan fingerprint density at radius 2 is 1.33 bits per heavy atom. The molecule has 3 nitrogen and oxygen atoms in total. The molecule has 0 fully saturated rings. The van der Waals surface area contributed by atoms with Crippen LogP contribution in [-0.4, -0.2) is 20.4 Å². The molecule has 0 saturated carbocycles. The highest BCUT2D eigenvalue weighted by molar-refractivity contribution is 5.28. The van der Waals surface area contributed by atoms with E-state index in [0.29, 0.717) is 19.0 Å². The van der Waals surface area contributed by atoms with E-state index >= 15 is 0 Å². The average Bonchev–Trinajstić information content (AvgIpc) is 2.55. The lowest BCUT2D eigenvalue weighted by Crippen LogP contribution is -1.99. The summed E-state index contributed by atoms with van der Waals surface area (Å²) in [6, 6.07) is 15.3. The molecular formula is C17H19FO3. The first-order valence-corrected chi connectivity index (χ1v) is 6.80. The van der Waals surface area contributed by atoms with Crippen LogP contribution in [0, 0.1) is 0 Å². The van der Waals surface area contributed by atoms with Crippen molar-refractivity contribution in [1.29, 1.82) is 0 Å². The Morgan fingerprint density at radius 1 is 0.810 bits per heavy atom. The van der Waals surface area contributed by atoms with Crippen molar-refractivity contribution >= 4 is 0 Å². The molecule has 2 aromatic rings. The van der Waals surface area contributed by atoms with Crippen molar-refractivity contribution in [3.63, 3.8) is 0 Å². The third-order valence-corrected chi connectivity index (χ3v) is 2.97. The number of ether oxygens (including phenoxy) is 3. The first kappa shape index (κ1) is 15.3. The molecule has 2 rings (SSSR count). The molecule has 0 heterocycles. The molecule has 0 aliphatic heterocycles. The van der Waals surface area contributed by atoms with Crippen molar-refractivity contribution in [3.05, 3.63) is 59.7 Å². The van der Waals surface area contributed by atoms with Gasteiger partial charge in [0, 0.05) is 0 Å². The molecule has 0 unspecified atom stereocenters. The largest absolute Gasteiger partial charge is 0.497 e. The maximum atomic E-state index is 12.0. The summed E-state index contributed by atoms with van der Waals surface area (Å²) in [5.41, 5.74) is 2.15. The predicted molar refractivity (Wildman–Crippen MR) is 79.4 cm³/mol. The van der Waals surface area contributed by atoms with Gasteiger partial charge in [-0.2, -0.15) is 0 Å². The minimum Gasteiger partial charge on any atom is -0.497 e. The Kier molecular flexibility index (Phi) is 6.03. The van der Waals surface area contributed by atoms with E-state index in [1.165, 1.54) is 0 Å². The van der Waals surface area contributed by atoms with Gasteiger partial charge < -0.3 is 14.2 Å². The van der Waals surface area contributed by atoms with Crippen molar-refractivity contribution in [2.45, 2.75) is 13.2 Å².